The van der Waals surface area contributed by atoms with Crippen molar-refractivity contribution in [1.82, 2.24) is 4.90 Å². The molecule has 3 nitrogen and oxygen atoms in total. The van der Waals surface area contributed by atoms with Gasteiger partial charge in [0.15, 0.2) is 0 Å². The predicted molar refractivity (Wildman–Crippen MR) is 96.6 cm³/mol. The van der Waals surface area contributed by atoms with Gasteiger partial charge < -0.3 is 10.6 Å². The highest BCUT2D eigenvalue weighted by Crippen LogP contribution is 2.34. The second-order valence-electron chi connectivity index (χ2n) is 7.43. The first-order chi connectivity index (χ1) is 10.6. The highest BCUT2D eigenvalue weighted by molar-refractivity contribution is 5.85. The zero-order valence-corrected chi connectivity index (χ0v) is 14.9. The van der Waals surface area contributed by atoms with Crippen molar-refractivity contribution in [2.45, 2.75) is 51.0 Å². The highest BCUT2D eigenvalue weighted by Gasteiger charge is 2.41. The molecule has 1 saturated carbocycles. The summed E-state index contributed by atoms with van der Waals surface area (Å²) in [6.07, 6.45) is 6.44. The Labute approximate surface area is 146 Å². The Bertz CT molecular complexity index is 517. The molecule has 2 N–H and O–H groups in total. The van der Waals surface area contributed by atoms with Crippen LogP contribution in [-0.4, -0.2) is 29.4 Å². The molecule has 3 unspecified atom stereocenters. The second-order valence-corrected chi connectivity index (χ2v) is 7.43. The molecule has 128 valence electrons. The number of rotatable bonds is 3. The van der Waals surface area contributed by atoms with Gasteiger partial charge in [0.2, 0.25) is 5.91 Å². The van der Waals surface area contributed by atoms with Gasteiger partial charge >= 0.3 is 0 Å². The third kappa shape index (κ3) is 4.27. The molecular weight excluding hydrogens is 308 g/mol. The molecule has 1 aliphatic heterocycles. The van der Waals surface area contributed by atoms with Crippen molar-refractivity contribution in [1.29, 1.82) is 0 Å². The lowest BCUT2D eigenvalue weighted by molar-refractivity contribution is -0.137. The zero-order valence-electron chi connectivity index (χ0n) is 14.0. The van der Waals surface area contributed by atoms with Crippen molar-refractivity contribution in [3.05, 3.63) is 35.9 Å². The summed E-state index contributed by atoms with van der Waals surface area (Å²) < 4.78 is 0. The van der Waals surface area contributed by atoms with Crippen LogP contribution in [0.1, 0.15) is 44.6 Å². The minimum Gasteiger partial charge on any atom is -0.342 e. The maximum Gasteiger partial charge on any atom is 0.227 e. The van der Waals surface area contributed by atoms with E-state index in [4.69, 9.17) is 5.73 Å². The average Bonchev–Trinajstić information content (AvgIpc) is 2.96. The first kappa shape index (κ1) is 18.3. The topological polar surface area (TPSA) is 46.3 Å². The Morgan fingerprint density at radius 2 is 2.00 bits per heavy atom. The van der Waals surface area contributed by atoms with Crippen molar-refractivity contribution in [2.75, 3.05) is 13.1 Å². The number of benzene rings is 1. The molecule has 0 radical (unpaired) electrons. The van der Waals surface area contributed by atoms with Gasteiger partial charge in [-0.15, -0.1) is 12.4 Å². The fourth-order valence-electron chi connectivity index (χ4n) is 4.13. The summed E-state index contributed by atoms with van der Waals surface area (Å²) in [7, 11) is 0. The lowest BCUT2D eigenvalue weighted by Gasteiger charge is -2.39. The third-order valence-electron chi connectivity index (χ3n) is 5.52. The van der Waals surface area contributed by atoms with E-state index in [1.165, 1.54) is 5.56 Å². The van der Waals surface area contributed by atoms with Gasteiger partial charge in [0, 0.05) is 18.6 Å². The van der Waals surface area contributed by atoms with E-state index in [1.54, 1.807) is 0 Å². The van der Waals surface area contributed by atoms with Crippen LogP contribution < -0.4 is 5.73 Å². The number of amides is 1. The minimum absolute atomic E-state index is 0. The number of carbonyl (C=O) groups excluding carboxylic acids is 1. The number of likely N-dealkylation sites (tertiary alicyclic amines) is 1. The van der Waals surface area contributed by atoms with Gasteiger partial charge in [-0.3, -0.25) is 4.79 Å². The Balaban J connectivity index is 0.00000192. The molecule has 0 spiro atoms. The lowest BCUT2D eigenvalue weighted by Crippen LogP contribution is -2.53. The van der Waals surface area contributed by atoms with Crippen LogP contribution in [0.25, 0.3) is 0 Å². The number of hydrogen-bond donors (Lipinski definition) is 1. The van der Waals surface area contributed by atoms with Crippen molar-refractivity contribution in [3.8, 4) is 0 Å². The van der Waals surface area contributed by atoms with Gasteiger partial charge in [-0.05, 0) is 44.1 Å². The Kier molecular flexibility index (Phi) is 6.10. The van der Waals surface area contributed by atoms with Crippen LogP contribution in [0, 0.1) is 11.8 Å². The SMILES string of the molecule is CC1(N)CCCCC1C(=O)N1CCC(Cc2ccccc2)C1.Cl. The van der Waals surface area contributed by atoms with Crippen molar-refractivity contribution in [3.63, 3.8) is 0 Å². The first-order valence-electron chi connectivity index (χ1n) is 8.68. The monoisotopic (exact) mass is 336 g/mol. The lowest BCUT2D eigenvalue weighted by atomic mass is 9.74. The second kappa shape index (κ2) is 7.67. The molecule has 1 saturated heterocycles. The van der Waals surface area contributed by atoms with Crippen molar-refractivity contribution in [2.24, 2.45) is 17.6 Å². The summed E-state index contributed by atoms with van der Waals surface area (Å²) in [5.74, 6) is 0.927. The Hall–Kier alpha value is -1.06. The first-order valence-corrected chi connectivity index (χ1v) is 8.68. The smallest absolute Gasteiger partial charge is 0.227 e. The fourth-order valence-corrected chi connectivity index (χ4v) is 4.13. The molecule has 1 aromatic carbocycles. The molecule has 2 fully saturated rings. The standard InChI is InChI=1S/C19H28N2O.ClH/c1-19(20)11-6-5-9-17(19)18(22)21-12-10-16(14-21)13-15-7-3-2-4-8-15;/h2-4,7-8,16-17H,5-6,9-14,20H2,1H3;1H. The van der Waals surface area contributed by atoms with Crippen LogP contribution in [0.4, 0.5) is 0 Å². The summed E-state index contributed by atoms with van der Waals surface area (Å²) in [5.41, 5.74) is 7.47. The summed E-state index contributed by atoms with van der Waals surface area (Å²) in [5, 5.41) is 0. The van der Waals surface area contributed by atoms with E-state index in [0.29, 0.717) is 11.8 Å². The summed E-state index contributed by atoms with van der Waals surface area (Å²) in [4.78, 5) is 14.9. The zero-order chi connectivity index (χ0) is 15.6. The summed E-state index contributed by atoms with van der Waals surface area (Å²) >= 11 is 0. The van der Waals surface area contributed by atoms with E-state index in [1.807, 2.05) is 0 Å². The molecule has 3 rings (SSSR count). The summed E-state index contributed by atoms with van der Waals surface area (Å²) in [6, 6.07) is 10.6. The predicted octanol–water partition coefficient (Wildman–Crippen LogP) is 3.41. The van der Waals surface area contributed by atoms with Gasteiger partial charge in [-0.2, -0.15) is 0 Å². The quantitative estimate of drug-likeness (QED) is 0.919. The van der Waals surface area contributed by atoms with Crippen LogP contribution in [0.2, 0.25) is 0 Å². The van der Waals surface area contributed by atoms with Crippen LogP contribution in [0.3, 0.4) is 0 Å². The highest BCUT2D eigenvalue weighted by atomic mass is 35.5. The minimum atomic E-state index is -0.313. The maximum absolute atomic E-state index is 12.9. The molecule has 0 bridgehead atoms. The maximum atomic E-state index is 12.9. The Morgan fingerprint density at radius 1 is 1.26 bits per heavy atom. The van der Waals surface area contributed by atoms with Crippen molar-refractivity contribution >= 4 is 18.3 Å². The van der Waals surface area contributed by atoms with Crippen LogP contribution >= 0.6 is 12.4 Å². The number of nitrogens with two attached hydrogens (primary N) is 1. The van der Waals surface area contributed by atoms with Crippen molar-refractivity contribution < 1.29 is 4.79 Å². The van der Waals surface area contributed by atoms with Crippen LogP contribution in [0.5, 0.6) is 0 Å². The molecule has 4 heteroatoms. The average molecular weight is 337 g/mol. The van der Waals surface area contributed by atoms with Gasteiger partial charge in [0.25, 0.3) is 0 Å². The number of halogens is 1. The number of carbonyl (C=O) groups is 1. The molecule has 1 aromatic rings. The molecule has 1 amide bonds. The molecule has 23 heavy (non-hydrogen) atoms. The van der Waals surface area contributed by atoms with Crippen LogP contribution in [-0.2, 0) is 11.2 Å². The van der Waals surface area contributed by atoms with Gasteiger partial charge in [0.05, 0.1) is 5.92 Å². The third-order valence-corrected chi connectivity index (χ3v) is 5.52. The van der Waals surface area contributed by atoms with E-state index in [-0.39, 0.29) is 23.9 Å². The fraction of sp³-hybridized carbons (Fsp3) is 0.632. The van der Waals surface area contributed by atoms with E-state index in [2.05, 4.69) is 42.2 Å². The molecule has 2 aliphatic rings. The normalized spacial score (nSPS) is 30.8. The van der Waals surface area contributed by atoms with E-state index < -0.39 is 0 Å². The molecular formula is C19H29ClN2O. The van der Waals surface area contributed by atoms with E-state index in [9.17, 15) is 4.79 Å². The number of nitrogens with zero attached hydrogens (tertiary/aromatic N) is 1. The van der Waals surface area contributed by atoms with E-state index in [0.717, 1.165) is 51.6 Å². The molecule has 0 aromatic heterocycles. The largest absolute Gasteiger partial charge is 0.342 e. The molecule has 1 heterocycles. The number of hydrogen-bond acceptors (Lipinski definition) is 2. The van der Waals surface area contributed by atoms with E-state index >= 15 is 0 Å². The van der Waals surface area contributed by atoms with Crippen LogP contribution in [0.15, 0.2) is 30.3 Å². The van der Waals surface area contributed by atoms with Gasteiger partial charge in [-0.25, -0.2) is 0 Å². The van der Waals surface area contributed by atoms with Gasteiger partial charge in [0.1, 0.15) is 0 Å². The summed E-state index contributed by atoms with van der Waals surface area (Å²) in [6.45, 7) is 3.87. The Morgan fingerprint density at radius 3 is 2.70 bits per heavy atom. The van der Waals surface area contributed by atoms with Gasteiger partial charge in [-0.1, -0.05) is 43.2 Å². The molecule has 3 atom stereocenters. The molecule has 1 aliphatic carbocycles.